The molecule has 0 radical (unpaired) electrons. The Morgan fingerprint density at radius 2 is 1.60 bits per heavy atom. The van der Waals surface area contributed by atoms with Gasteiger partial charge in [-0.05, 0) is 47.9 Å². The standard InChI is InChI=1S/C21H15Cl2NS/c22-16-7-6-10-18(15-16)25-14-13-21(19-11-4-5-12-20(19)23)24-17-8-2-1-3-9-17/h1-15H. The fraction of sp³-hybridized carbons (Fsp3) is 0. The van der Waals surface area contributed by atoms with Crippen molar-refractivity contribution in [2.75, 3.05) is 0 Å². The lowest BCUT2D eigenvalue weighted by Gasteiger charge is -2.05. The van der Waals surface area contributed by atoms with Crippen LogP contribution in [0.2, 0.25) is 10.0 Å². The predicted molar refractivity (Wildman–Crippen MR) is 111 cm³/mol. The van der Waals surface area contributed by atoms with Gasteiger partial charge in [-0.15, -0.1) is 0 Å². The summed E-state index contributed by atoms with van der Waals surface area (Å²) in [5.74, 6) is 0. The number of allylic oxidation sites excluding steroid dienone is 1. The lowest BCUT2D eigenvalue weighted by molar-refractivity contribution is 1.47. The van der Waals surface area contributed by atoms with Gasteiger partial charge in [0.2, 0.25) is 0 Å². The molecule has 0 spiro atoms. The lowest BCUT2D eigenvalue weighted by Crippen LogP contribution is -1.97. The largest absolute Gasteiger partial charge is 0.248 e. The van der Waals surface area contributed by atoms with Crippen LogP contribution in [-0.4, -0.2) is 5.71 Å². The van der Waals surface area contributed by atoms with Gasteiger partial charge in [0.05, 0.1) is 11.4 Å². The van der Waals surface area contributed by atoms with Crippen LogP contribution in [0.5, 0.6) is 0 Å². The van der Waals surface area contributed by atoms with Crippen LogP contribution in [0.3, 0.4) is 0 Å². The van der Waals surface area contributed by atoms with Gasteiger partial charge in [-0.1, -0.05) is 77.4 Å². The molecule has 0 aromatic heterocycles. The molecule has 0 amide bonds. The van der Waals surface area contributed by atoms with Gasteiger partial charge in [-0.25, -0.2) is 4.99 Å². The summed E-state index contributed by atoms with van der Waals surface area (Å²) in [4.78, 5) is 5.82. The summed E-state index contributed by atoms with van der Waals surface area (Å²) in [6.07, 6.45) is 1.97. The first-order valence-corrected chi connectivity index (χ1v) is 9.33. The van der Waals surface area contributed by atoms with E-state index < -0.39 is 0 Å². The molecule has 3 rings (SSSR count). The van der Waals surface area contributed by atoms with E-state index in [0.717, 1.165) is 26.9 Å². The first kappa shape index (κ1) is 17.8. The van der Waals surface area contributed by atoms with Crippen molar-refractivity contribution in [3.8, 4) is 0 Å². The molecule has 0 atom stereocenters. The summed E-state index contributed by atoms with van der Waals surface area (Å²) in [6.45, 7) is 0. The first-order valence-electron chi connectivity index (χ1n) is 7.70. The smallest absolute Gasteiger partial charge is 0.0729 e. The molecule has 0 aliphatic rings. The zero-order valence-electron chi connectivity index (χ0n) is 13.3. The zero-order chi connectivity index (χ0) is 17.5. The highest BCUT2D eigenvalue weighted by molar-refractivity contribution is 8.02. The summed E-state index contributed by atoms with van der Waals surface area (Å²) in [5, 5.41) is 3.40. The summed E-state index contributed by atoms with van der Waals surface area (Å²) < 4.78 is 0. The molecule has 0 saturated carbocycles. The highest BCUT2D eigenvalue weighted by Gasteiger charge is 2.05. The SMILES string of the molecule is Clc1cccc(SC=CC(=Nc2ccccc2)c2ccccc2Cl)c1. The van der Waals surface area contributed by atoms with Crippen LogP contribution in [0.4, 0.5) is 5.69 Å². The number of thioether (sulfide) groups is 1. The van der Waals surface area contributed by atoms with Crippen molar-refractivity contribution < 1.29 is 0 Å². The van der Waals surface area contributed by atoms with Crippen LogP contribution in [-0.2, 0) is 0 Å². The van der Waals surface area contributed by atoms with E-state index >= 15 is 0 Å². The molecule has 0 bridgehead atoms. The Morgan fingerprint density at radius 3 is 2.36 bits per heavy atom. The van der Waals surface area contributed by atoms with E-state index in [1.807, 2.05) is 90.3 Å². The first-order chi connectivity index (χ1) is 12.2. The number of hydrogen-bond donors (Lipinski definition) is 0. The topological polar surface area (TPSA) is 12.4 Å². The van der Waals surface area contributed by atoms with Crippen LogP contribution in [0.25, 0.3) is 0 Å². The van der Waals surface area contributed by atoms with Gasteiger partial charge < -0.3 is 0 Å². The molecule has 25 heavy (non-hydrogen) atoms. The fourth-order valence-electron chi connectivity index (χ4n) is 2.22. The Labute approximate surface area is 162 Å². The maximum Gasteiger partial charge on any atom is 0.0729 e. The van der Waals surface area contributed by atoms with Crippen molar-refractivity contribution in [3.63, 3.8) is 0 Å². The van der Waals surface area contributed by atoms with E-state index in [1.54, 1.807) is 11.8 Å². The minimum Gasteiger partial charge on any atom is -0.248 e. The highest BCUT2D eigenvalue weighted by atomic mass is 35.5. The molecule has 124 valence electrons. The molecule has 0 heterocycles. The lowest BCUT2D eigenvalue weighted by atomic mass is 10.1. The molecule has 0 unspecified atom stereocenters. The molecule has 0 aliphatic carbocycles. The van der Waals surface area contributed by atoms with Gasteiger partial charge in [0.25, 0.3) is 0 Å². The quantitative estimate of drug-likeness (QED) is 0.329. The van der Waals surface area contributed by atoms with E-state index in [2.05, 4.69) is 0 Å². The van der Waals surface area contributed by atoms with Gasteiger partial charge in [-0.2, -0.15) is 0 Å². The number of halogens is 2. The van der Waals surface area contributed by atoms with Crippen LogP contribution in [0.15, 0.2) is 100 Å². The van der Waals surface area contributed by atoms with Gasteiger partial charge in [-0.3, -0.25) is 0 Å². The van der Waals surface area contributed by atoms with Crippen molar-refractivity contribution in [3.05, 3.63) is 106 Å². The Bertz CT molecular complexity index is 905. The average molecular weight is 384 g/mol. The monoisotopic (exact) mass is 383 g/mol. The van der Waals surface area contributed by atoms with Crippen LogP contribution in [0, 0.1) is 0 Å². The van der Waals surface area contributed by atoms with Crippen molar-refractivity contribution in [1.82, 2.24) is 0 Å². The van der Waals surface area contributed by atoms with E-state index in [0.29, 0.717) is 5.02 Å². The molecular weight excluding hydrogens is 369 g/mol. The summed E-state index contributed by atoms with van der Waals surface area (Å²) in [7, 11) is 0. The summed E-state index contributed by atoms with van der Waals surface area (Å²) in [5.41, 5.74) is 2.59. The van der Waals surface area contributed by atoms with Crippen molar-refractivity contribution in [1.29, 1.82) is 0 Å². The molecule has 1 nitrogen and oxygen atoms in total. The number of benzene rings is 3. The molecule has 0 N–H and O–H groups in total. The zero-order valence-corrected chi connectivity index (χ0v) is 15.6. The van der Waals surface area contributed by atoms with Gasteiger partial charge in [0.1, 0.15) is 0 Å². The Hall–Kier alpha value is -2.00. The minimum atomic E-state index is 0.676. The third-order valence-electron chi connectivity index (χ3n) is 3.38. The maximum atomic E-state index is 6.36. The number of hydrogen-bond acceptors (Lipinski definition) is 2. The predicted octanol–water partition coefficient (Wildman–Crippen LogP) is 7.42. The normalized spacial score (nSPS) is 11.8. The summed E-state index contributed by atoms with van der Waals surface area (Å²) in [6, 6.07) is 25.3. The van der Waals surface area contributed by atoms with Crippen molar-refractivity contribution in [2.24, 2.45) is 4.99 Å². The molecule has 0 aliphatic heterocycles. The van der Waals surface area contributed by atoms with Crippen molar-refractivity contribution in [2.45, 2.75) is 4.90 Å². The second-order valence-electron chi connectivity index (χ2n) is 5.19. The number of nitrogens with zero attached hydrogens (tertiary/aromatic N) is 1. The van der Waals surface area contributed by atoms with Crippen molar-refractivity contribution >= 4 is 46.4 Å². The van der Waals surface area contributed by atoms with Crippen LogP contribution < -0.4 is 0 Å². The third kappa shape index (κ3) is 5.23. The van der Waals surface area contributed by atoms with E-state index in [9.17, 15) is 0 Å². The van der Waals surface area contributed by atoms with Gasteiger partial charge in [0, 0.05) is 20.5 Å². The number of aliphatic imine (C=N–C) groups is 1. The number of para-hydroxylation sites is 1. The van der Waals surface area contributed by atoms with Crippen LogP contribution in [0.1, 0.15) is 5.56 Å². The van der Waals surface area contributed by atoms with E-state index in [-0.39, 0.29) is 0 Å². The third-order valence-corrected chi connectivity index (χ3v) is 4.74. The second-order valence-corrected chi connectivity index (χ2v) is 7.01. The molecule has 4 heteroatoms. The minimum absolute atomic E-state index is 0.676. The Balaban J connectivity index is 1.90. The molecular formula is C21H15Cl2NS. The molecule has 0 fully saturated rings. The Kier molecular flexibility index (Phi) is 6.35. The second kappa shape index (κ2) is 8.91. The average Bonchev–Trinajstić information content (AvgIpc) is 2.62. The van der Waals surface area contributed by atoms with E-state index in [1.165, 1.54) is 0 Å². The molecule has 0 saturated heterocycles. The fourth-order valence-corrected chi connectivity index (χ4v) is 3.41. The molecule has 3 aromatic rings. The Morgan fingerprint density at radius 1 is 0.840 bits per heavy atom. The maximum absolute atomic E-state index is 6.36. The summed E-state index contributed by atoms with van der Waals surface area (Å²) >= 11 is 14.0. The van der Waals surface area contributed by atoms with Gasteiger partial charge in [0.15, 0.2) is 0 Å². The van der Waals surface area contributed by atoms with E-state index in [4.69, 9.17) is 28.2 Å². The van der Waals surface area contributed by atoms with Gasteiger partial charge >= 0.3 is 0 Å². The molecule has 3 aromatic carbocycles. The highest BCUT2D eigenvalue weighted by Crippen LogP contribution is 2.24. The number of rotatable bonds is 5. The van der Waals surface area contributed by atoms with Crippen LogP contribution >= 0.6 is 35.0 Å².